The lowest BCUT2D eigenvalue weighted by Gasteiger charge is -2.26. The number of aromatic hydroxyl groups is 1. The van der Waals surface area contributed by atoms with Crippen LogP contribution < -0.4 is 4.74 Å². The quantitative estimate of drug-likeness (QED) is 0.458. The van der Waals surface area contributed by atoms with Gasteiger partial charge in [0, 0.05) is 13.1 Å². The molecule has 0 aliphatic carbocycles. The molecule has 7 nitrogen and oxygen atoms in total. The van der Waals surface area contributed by atoms with Crippen molar-refractivity contribution in [3.8, 4) is 11.5 Å². The minimum atomic E-state index is -3.67. The lowest BCUT2D eigenvalue weighted by atomic mass is 10.1. The summed E-state index contributed by atoms with van der Waals surface area (Å²) in [5.74, 6) is 0.818. The molecule has 0 radical (unpaired) electrons. The molecular formula is C19H33NO6S. The van der Waals surface area contributed by atoms with Crippen LogP contribution in [0.25, 0.3) is 0 Å². The van der Waals surface area contributed by atoms with E-state index in [1.165, 1.54) is 38.6 Å². The van der Waals surface area contributed by atoms with Crippen LogP contribution in [-0.4, -0.2) is 68.7 Å². The molecule has 0 saturated carbocycles. The van der Waals surface area contributed by atoms with E-state index in [2.05, 4.69) is 4.90 Å². The second kappa shape index (κ2) is 13.8. The average molecular weight is 404 g/mol. The van der Waals surface area contributed by atoms with Crippen LogP contribution >= 0.6 is 0 Å². The first-order chi connectivity index (χ1) is 12.9. The van der Waals surface area contributed by atoms with Gasteiger partial charge in [0.2, 0.25) is 0 Å². The van der Waals surface area contributed by atoms with Gasteiger partial charge in [-0.05, 0) is 31.5 Å². The number of para-hydroxylation sites is 2. The Morgan fingerprint density at radius 2 is 1.59 bits per heavy atom. The van der Waals surface area contributed by atoms with Crippen molar-refractivity contribution in [1.82, 2.24) is 4.90 Å². The molecule has 0 aromatic heterocycles. The van der Waals surface area contributed by atoms with Gasteiger partial charge in [-0.3, -0.25) is 9.45 Å². The van der Waals surface area contributed by atoms with E-state index in [0.29, 0.717) is 18.6 Å². The van der Waals surface area contributed by atoms with Gasteiger partial charge in [-0.2, -0.15) is 8.42 Å². The molecule has 1 aliphatic rings. The van der Waals surface area contributed by atoms with E-state index in [4.69, 9.17) is 14.0 Å². The minimum Gasteiger partial charge on any atom is -0.504 e. The highest BCUT2D eigenvalue weighted by Crippen LogP contribution is 2.24. The number of rotatable bonds is 10. The molecule has 1 heterocycles. The zero-order valence-electron chi connectivity index (χ0n) is 16.2. The Morgan fingerprint density at radius 1 is 1.04 bits per heavy atom. The smallest absolute Gasteiger partial charge is 0.261 e. The second-order valence-electron chi connectivity index (χ2n) is 6.62. The van der Waals surface area contributed by atoms with E-state index in [9.17, 15) is 13.5 Å². The van der Waals surface area contributed by atoms with Crippen LogP contribution in [0.1, 0.15) is 38.5 Å². The number of hydrogen-bond donors (Lipinski definition) is 2. The number of ether oxygens (including phenoxy) is 2. The van der Waals surface area contributed by atoms with Crippen molar-refractivity contribution in [2.45, 2.75) is 38.5 Å². The standard InChI is InChI=1S/C18H29NO3.CH4O3S/c20-17-9-5-6-10-18(17)22-14-8-4-2-1-3-7-11-19-12-15-21-16-13-19;1-5(2,3)4/h5-6,9-10,20H,1-4,7-8,11-16H2;1H3,(H,2,3,4). The Labute approximate surface area is 163 Å². The van der Waals surface area contributed by atoms with E-state index >= 15 is 0 Å². The highest BCUT2D eigenvalue weighted by atomic mass is 32.2. The highest BCUT2D eigenvalue weighted by molar-refractivity contribution is 7.85. The largest absolute Gasteiger partial charge is 0.504 e. The van der Waals surface area contributed by atoms with Crippen LogP contribution in [0.15, 0.2) is 24.3 Å². The first-order valence-corrected chi connectivity index (χ1v) is 11.3. The van der Waals surface area contributed by atoms with Crippen molar-refractivity contribution in [3.63, 3.8) is 0 Å². The summed E-state index contributed by atoms with van der Waals surface area (Å²) in [5, 5.41) is 9.58. The molecule has 2 rings (SSSR count). The fraction of sp³-hybridized carbons (Fsp3) is 0.684. The third-order valence-electron chi connectivity index (χ3n) is 4.10. The Balaban J connectivity index is 0.000000646. The summed E-state index contributed by atoms with van der Waals surface area (Å²) in [6, 6.07) is 7.15. The molecule has 1 fully saturated rings. The van der Waals surface area contributed by atoms with Crippen LogP contribution in [0.4, 0.5) is 0 Å². The zero-order valence-corrected chi connectivity index (χ0v) is 17.0. The normalized spacial score (nSPS) is 15.0. The number of phenolic OH excluding ortho intramolecular Hbond substituents is 1. The first kappa shape index (κ1) is 23.7. The molecular weight excluding hydrogens is 370 g/mol. The van der Waals surface area contributed by atoms with Gasteiger partial charge in [-0.1, -0.05) is 37.8 Å². The molecule has 2 N–H and O–H groups in total. The lowest BCUT2D eigenvalue weighted by Crippen LogP contribution is -2.36. The maximum absolute atomic E-state index is 9.58. The Hall–Kier alpha value is -1.35. The van der Waals surface area contributed by atoms with Gasteiger partial charge >= 0.3 is 0 Å². The van der Waals surface area contributed by atoms with Gasteiger partial charge in [0.15, 0.2) is 11.5 Å². The van der Waals surface area contributed by atoms with Crippen LogP contribution in [0, 0.1) is 0 Å². The molecule has 0 unspecified atom stereocenters. The Kier molecular flexibility index (Phi) is 12.1. The SMILES string of the molecule is CS(=O)(=O)O.Oc1ccccc1OCCCCCCCCN1CCOCC1. The van der Waals surface area contributed by atoms with Gasteiger partial charge in [0.1, 0.15) is 0 Å². The molecule has 1 saturated heterocycles. The molecule has 27 heavy (non-hydrogen) atoms. The third-order valence-corrected chi connectivity index (χ3v) is 4.10. The van der Waals surface area contributed by atoms with Crippen LogP contribution in [0.2, 0.25) is 0 Å². The van der Waals surface area contributed by atoms with Crippen molar-refractivity contribution in [2.24, 2.45) is 0 Å². The maximum Gasteiger partial charge on any atom is 0.261 e. The summed E-state index contributed by atoms with van der Waals surface area (Å²) in [4.78, 5) is 2.50. The Morgan fingerprint density at radius 3 is 2.22 bits per heavy atom. The van der Waals surface area contributed by atoms with Crippen molar-refractivity contribution in [1.29, 1.82) is 0 Å². The number of phenols is 1. The molecule has 1 aromatic rings. The minimum absolute atomic E-state index is 0.227. The number of benzene rings is 1. The number of nitrogens with zero attached hydrogens (tertiary/aromatic N) is 1. The number of unbranched alkanes of at least 4 members (excludes halogenated alkanes) is 5. The molecule has 1 aliphatic heterocycles. The van der Waals surface area contributed by atoms with Crippen molar-refractivity contribution >= 4 is 10.1 Å². The molecule has 8 heteroatoms. The zero-order chi connectivity index (χ0) is 20.0. The maximum atomic E-state index is 9.58. The summed E-state index contributed by atoms with van der Waals surface area (Å²) in [5.41, 5.74) is 0. The van der Waals surface area contributed by atoms with E-state index in [1.54, 1.807) is 18.2 Å². The van der Waals surface area contributed by atoms with Gasteiger partial charge < -0.3 is 14.6 Å². The fourth-order valence-corrected chi connectivity index (χ4v) is 2.73. The molecule has 1 aromatic carbocycles. The summed E-state index contributed by atoms with van der Waals surface area (Å²) in [6.45, 7) is 5.91. The second-order valence-corrected chi connectivity index (χ2v) is 8.09. The fourth-order valence-electron chi connectivity index (χ4n) is 2.73. The molecule has 0 spiro atoms. The Bertz CT molecular complexity index is 594. The van der Waals surface area contributed by atoms with Gasteiger partial charge in [-0.25, -0.2) is 0 Å². The average Bonchev–Trinajstić information content (AvgIpc) is 2.61. The van der Waals surface area contributed by atoms with Gasteiger partial charge in [0.05, 0.1) is 26.1 Å². The van der Waals surface area contributed by atoms with Crippen molar-refractivity contribution < 1.29 is 27.6 Å². The van der Waals surface area contributed by atoms with Crippen molar-refractivity contribution in [3.05, 3.63) is 24.3 Å². The van der Waals surface area contributed by atoms with E-state index in [-0.39, 0.29) is 5.75 Å². The van der Waals surface area contributed by atoms with Crippen LogP contribution in [0.3, 0.4) is 0 Å². The summed E-state index contributed by atoms with van der Waals surface area (Å²) >= 11 is 0. The summed E-state index contributed by atoms with van der Waals surface area (Å²) in [6.07, 6.45) is 8.16. The van der Waals surface area contributed by atoms with Gasteiger partial charge in [0.25, 0.3) is 10.1 Å². The number of hydrogen-bond acceptors (Lipinski definition) is 6. The topological polar surface area (TPSA) is 96.3 Å². The predicted octanol–water partition coefficient (Wildman–Crippen LogP) is 2.95. The monoisotopic (exact) mass is 403 g/mol. The molecule has 0 atom stereocenters. The van der Waals surface area contributed by atoms with Gasteiger partial charge in [-0.15, -0.1) is 0 Å². The first-order valence-electron chi connectivity index (χ1n) is 9.49. The predicted molar refractivity (Wildman–Crippen MR) is 106 cm³/mol. The van der Waals surface area contributed by atoms with E-state index in [1.807, 2.05) is 6.07 Å². The van der Waals surface area contributed by atoms with Crippen LogP contribution in [-0.2, 0) is 14.9 Å². The lowest BCUT2D eigenvalue weighted by molar-refractivity contribution is 0.0371. The number of morpholine rings is 1. The molecule has 0 amide bonds. The van der Waals surface area contributed by atoms with E-state index < -0.39 is 10.1 Å². The third kappa shape index (κ3) is 14.4. The highest BCUT2D eigenvalue weighted by Gasteiger charge is 2.08. The summed E-state index contributed by atoms with van der Waals surface area (Å²) < 4.78 is 36.8. The molecule has 156 valence electrons. The van der Waals surface area contributed by atoms with E-state index in [0.717, 1.165) is 32.7 Å². The van der Waals surface area contributed by atoms with Crippen LogP contribution in [0.5, 0.6) is 11.5 Å². The molecule has 0 bridgehead atoms. The van der Waals surface area contributed by atoms with Crippen molar-refractivity contribution in [2.75, 3.05) is 45.7 Å². The summed E-state index contributed by atoms with van der Waals surface area (Å²) in [7, 11) is -3.67.